The Kier molecular flexibility index (Phi) is 4.95. The van der Waals surface area contributed by atoms with Gasteiger partial charge >= 0.3 is 5.97 Å². The van der Waals surface area contributed by atoms with Crippen LogP contribution in [-0.4, -0.2) is 23.0 Å². The summed E-state index contributed by atoms with van der Waals surface area (Å²) >= 11 is 5.88. The van der Waals surface area contributed by atoms with Crippen molar-refractivity contribution in [1.29, 1.82) is 0 Å². The van der Waals surface area contributed by atoms with Crippen LogP contribution in [0.5, 0.6) is 0 Å². The third-order valence-corrected chi connectivity index (χ3v) is 3.79. The van der Waals surface area contributed by atoms with E-state index in [1.165, 1.54) is 6.92 Å². The number of halogens is 1. The van der Waals surface area contributed by atoms with Crippen LogP contribution < -0.4 is 5.32 Å². The maximum atomic E-state index is 12.2. The molecule has 5 nitrogen and oxygen atoms in total. The zero-order valence-corrected chi connectivity index (χ0v) is 14.2. The largest absolute Gasteiger partial charge is 0.448 e. The molecule has 1 atom stereocenters. The number of para-hydroxylation sites is 1. The van der Waals surface area contributed by atoms with E-state index in [0.29, 0.717) is 16.2 Å². The Balaban J connectivity index is 1.67. The van der Waals surface area contributed by atoms with Gasteiger partial charge in [-0.3, -0.25) is 4.79 Å². The summed E-state index contributed by atoms with van der Waals surface area (Å²) in [6, 6.07) is 17.5. The van der Waals surface area contributed by atoms with Gasteiger partial charge in [0.1, 0.15) is 5.69 Å². The van der Waals surface area contributed by atoms with Gasteiger partial charge in [0.15, 0.2) is 6.10 Å². The Morgan fingerprint density at radius 3 is 2.68 bits per heavy atom. The first-order valence-corrected chi connectivity index (χ1v) is 8.04. The number of nitrogens with zero attached hydrogens (tertiary/aromatic N) is 1. The van der Waals surface area contributed by atoms with Crippen LogP contribution in [0, 0.1) is 0 Å². The lowest BCUT2D eigenvalue weighted by Crippen LogP contribution is -2.30. The number of hydrogen-bond acceptors (Lipinski definition) is 4. The number of pyridine rings is 1. The number of aromatic nitrogens is 1. The molecule has 1 amide bonds. The third kappa shape index (κ3) is 4.14. The zero-order valence-electron chi connectivity index (χ0n) is 13.4. The maximum Gasteiger partial charge on any atom is 0.357 e. The molecule has 0 saturated carbocycles. The lowest BCUT2D eigenvalue weighted by molar-refractivity contribution is -0.123. The lowest BCUT2D eigenvalue weighted by Gasteiger charge is -2.13. The fourth-order valence-electron chi connectivity index (χ4n) is 2.26. The summed E-state index contributed by atoms with van der Waals surface area (Å²) in [7, 11) is 0. The van der Waals surface area contributed by atoms with Gasteiger partial charge < -0.3 is 10.1 Å². The minimum atomic E-state index is -0.972. The summed E-state index contributed by atoms with van der Waals surface area (Å²) in [5, 5.41) is 4.07. The molecule has 0 bridgehead atoms. The van der Waals surface area contributed by atoms with Crippen LogP contribution in [0.2, 0.25) is 5.02 Å². The molecule has 3 rings (SSSR count). The van der Waals surface area contributed by atoms with Crippen LogP contribution in [0.3, 0.4) is 0 Å². The van der Waals surface area contributed by atoms with Gasteiger partial charge in [0.05, 0.1) is 5.52 Å². The normalized spacial score (nSPS) is 11.8. The van der Waals surface area contributed by atoms with Crippen LogP contribution in [0.25, 0.3) is 10.9 Å². The van der Waals surface area contributed by atoms with E-state index in [-0.39, 0.29) is 5.69 Å². The summed E-state index contributed by atoms with van der Waals surface area (Å²) in [5.41, 5.74) is 1.37. The maximum absolute atomic E-state index is 12.2. The lowest BCUT2D eigenvalue weighted by atomic mass is 10.2. The van der Waals surface area contributed by atoms with Gasteiger partial charge in [-0.25, -0.2) is 9.78 Å². The number of fused-ring (bicyclic) bond motifs is 1. The first-order chi connectivity index (χ1) is 12.0. The number of amides is 1. The number of hydrogen-bond donors (Lipinski definition) is 1. The fraction of sp³-hybridized carbons (Fsp3) is 0.105. The van der Waals surface area contributed by atoms with Gasteiger partial charge in [-0.1, -0.05) is 41.9 Å². The van der Waals surface area contributed by atoms with Crippen molar-refractivity contribution < 1.29 is 14.3 Å². The zero-order chi connectivity index (χ0) is 17.8. The van der Waals surface area contributed by atoms with Gasteiger partial charge in [0.2, 0.25) is 0 Å². The molecule has 126 valence electrons. The topological polar surface area (TPSA) is 68.3 Å². The predicted octanol–water partition coefficient (Wildman–Crippen LogP) is 4.07. The summed E-state index contributed by atoms with van der Waals surface area (Å²) < 4.78 is 5.20. The van der Waals surface area contributed by atoms with Gasteiger partial charge in [-0.15, -0.1) is 0 Å². The number of ether oxygens (including phenoxy) is 1. The summed E-state index contributed by atoms with van der Waals surface area (Å²) in [6.45, 7) is 1.50. The van der Waals surface area contributed by atoms with Crippen LogP contribution in [0.4, 0.5) is 5.69 Å². The molecule has 0 spiro atoms. The van der Waals surface area contributed by atoms with E-state index < -0.39 is 18.0 Å². The minimum Gasteiger partial charge on any atom is -0.448 e. The molecule has 0 aliphatic rings. The first kappa shape index (κ1) is 16.9. The van der Waals surface area contributed by atoms with Gasteiger partial charge in [0, 0.05) is 16.1 Å². The molecule has 1 N–H and O–H groups in total. The highest BCUT2D eigenvalue weighted by atomic mass is 35.5. The highest BCUT2D eigenvalue weighted by Crippen LogP contribution is 2.16. The standard InChI is InChI=1S/C19H15ClN2O3/c1-12(18(23)21-15-7-4-6-14(20)11-15)25-19(24)17-10-9-13-5-2-3-8-16(13)22-17/h2-12H,1H3,(H,21,23)/t12-/m1/s1. The molecule has 25 heavy (non-hydrogen) atoms. The second-order valence-electron chi connectivity index (χ2n) is 5.44. The molecule has 0 aliphatic heterocycles. The summed E-state index contributed by atoms with van der Waals surface area (Å²) in [5.74, 6) is -1.10. The molecule has 0 unspecified atom stereocenters. The molecular weight excluding hydrogens is 340 g/mol. The molecule has 3 aromatic rings. The number of esters is 1. The average molecular weight is 355 g/mol. The minimum absolute atomic E-state index is 0.154. The molecule has 0 fully saturated rings. The second-order valence-corrected chi connectivity index (χ2v) is 5.87. The SMILES string of the molecule is C[C@@H](OC(=O)c1ccc2ccccc2n1)C(=O)Nc1cccc(Cl)c1. The predicted molar refractivity (Wildman–Crippen MR) is 96.7 cm³/mol. The molecule has 6 heteroatoms. The highest BCUT2D eigenvalue weighted by molar-refractivity contribution is 6.30. The Hall–Kier alpha value is -2.92. The van der Waals surface area contributed by atoms with Crippen molar-refractivity contribution >= 4 is 40.1 Å². The molecule has 0 radical (unpaired) electrons. The van der Waals surface area contributed by atoms with Crippen LogP contribution in [0.15, 0.2) is 60.7 Å². The number of benzene rings is 2. The number of nitrogens with one attached hydrogen (secondary N) is 1. The average Bonchev–Trinajstić information content (AvgIpc) is 2.61. The Bertz CT molecular complexity index is 943. The van der Waals surface area contributed by atoms with E-state index in [4.69, 9.17) is 16.3 Å². The number of carbonyl (C=O) groups is 2. The van der Waals surface area contributed by atoms with Gasteiger partial charge in [-0.2, -0.15) is 0 Å². The van der Waals surface area contributed by atoms with E-state index in [2.05, 4.69) is 10.3 Å². The van der Waals surface area contributed by atoms with E-state index in [1.807, 2.05) is 18.2 Å². The molecule has 2 aromatic carbocycles. The van der Waals surface area contributed by atoms with Crippen molar-refractivity contribution in [3.05, 3.63) is 71.4 Å². The molecule has 1 heterocycles. The monoisotopic (exact) mass is 354 g/mol. The van der Waals surface area contributed by atoms with Gasteiger partial charge in [0.25, 0.3) is 5.91 Å². The van der Waals surface area contributed by atoms with Crippen LogP contribution in [0.1, 0.15) is 17.4 Å². The Morgan fingerprint density at radius 1 is 1.08 bits per heavy atom. The summed E-state index contributed by atoms with van der Waals surface area (Å²) in [4.78, 5) is 28.6. The fourth-order valence-corrected chi connectivity index (χ4v) is 2.45. The van der Waals surface area contributed by atoms with Crippen molar-refractivity contribution in [2.75, 3.05) is 5.32 Å². The number of rotatable bonds is 4. The van der Waals surface area contributed by atoms with Crippen molar-refractivity contribution in [1.82, 2.24) is 4.98 Å². The third-order valence-electron chi connectivity index (χ3n) is 3.55. The van der Waals surface area contributed by atoms with Gasteiger partial charge in [-0.05, 0) is 37.3 Å². The molecule has 1 aromatic heterocycles. The van der Waals surface area contributed by atoms with E-state index >= 15 is 0 Å². The first-order valence-electron chi connectivity index (χ1n) is 7.66. The van der Waals surface area contributed by atoms with E-state index in [0.717, 1.165) is 5.39 Å². The molecule has 0 aliphatic carbocycles. The van der Waals surface area contributed by atoms with Crippen molar-refractivity contribution in [2.45, 2.75) is 13.0 Å². The Morgan fingerprint density at radius 2 is 1.88 bits per heavy atom. The van der Waals surface area contributed by atoms with E-state index in [1.54, 1.807) is 42.5 Å². The summed E-state index contributed by atoms with van der Waals surface area (Å²) in [6.07, 6.45) is -0.972. The Labute approximate surface area is 149 Å². The van der Waals surface area contributed by atoms with Crippen molar-refractivity contribution in [3.8, 4) is 0 Å². The number of carbonyl (C=O) groups excluding carboxylic acids is 2. The van der Waals surface area contributed by atoms with Crippen LogP contribution in [-0.2, 0) is 9.53 Å². The second kappa shape index (κ2) is 7.32. The van der Waals surface area contributed by atoms with Crippen molar-refractivity contribution in [3.63, 3.8) is 0 Å². The highest BCUT2D eigenvalue weighted by Gasteiger charge is 2.20. The molecule has 0 saturated heterocycles. The van der Waals surface area contributed by atoms with Crippen molar-refractivity contribution in [2.24, 2.45) is 0 Å². The quantitative estimate of drug-likeness (QED) is 0.717. The van der Waals surface area contributed by atoms with Crippen LogP contribution >= 0.6 is 11.6 Å². The number of anilines is 1. The molecular formula is C19H15ClN2O3. The smallest absolute Gasteiger partial charge is 0.357 e. The van der Waals surface area contributed by atoms with E-state index in [9.17, 15) is 9.59 Å².